The predicted molar refractivity (Wildman–Crippen MR) is 215 cm³/mol. The van der Waals surface area contributed by atoms with Gasteiger partial charge in [0.1, 0.15) is 0 Å². The minimum atomic E-state index is 0.947. The monoisotopic (exact) mass is 657 g/mol. The van der Waals surface area contributed by atoms with Gasteiger partial charge in [-0.05, 0) is 117 Å². The van der Waals surface area contributed by atoms with Crippen LogP contribution in [-0.4, -0.2) is 10.3 Å². The van der Waals surface area contributed by atoms with Gasteiger partial charge in [-0.2, -0.15) is 0 Å². The van der Waals surface area contributed by atoms with Gasteiger partial charge >= 0.3 is 0 Å². The quantitative estimate of drug-likeness (QED) is 0.178. The summed E-state index contributed by atoms with van der Waals surface area (Å²) < 4.78 is 2.41. The van der Waals surface area contributed by atoms with Crippen molar-refractivity contribution >= 4 is 33.6 Å². The second-order valence-electron chi connectivity index (χ2n) is 12.9. The summed E-state index contributed by atoms with van der Waals surface area (Å²) in [6.45, 7) is 0. The summed E-state index contributed by atoms with van der Waals surface area (Å²) in [4.78, 5) is 1.37. The van der Waals surface area contributed by atoms with Gasteiger partial charge in [0, 0.05) is 27.1 Å². The van der Waals surface area contributed by atoms with Gasteiger partial charge < -0.3 is 4.57 Å². The third-order valence-corrected chi connectivity index (χ3v) is 10.8. The van der Waals surface area contributed by atoms with Gasteiger partial charge in [-0.15, -0.1) is 11.8 Å². The highest BCUT2D eigenvalue weighted by molar-refractivity contribution is 7.99. The molecule has 9 rings (SSSR count). The molecule has 2 heterocycles. The third kappa shape index (κ3) is 5.78. The van der Waals surface area contributed by atoms with Gasteiger partial charge in [-0.25, -0.2) is 0 Å². The SMILES string of the molecule is C1=CCSc2ccc(-c3ccc4c(c3)c3ccccc3n4-c3ccc(-c4cc(-c5ccccc5)cc(-c5ccccc5)c4)cc3)cc2CC=C1. The second kappa shape index (κ2) is 13.2. The molecule has 2 heteroatoms. The Morgan fingerprint density at radius 3 is 1.68 bits per heavy atom. The van der Waals surface area contributed by atoms with Crippen LogP contribution in [0.3, 0.4) is 0 Å². The fourth-order valence-corrected chi connectivity index (χ4v) is 8.11. The zero-order valence-electron chi connectivity index (χ0n) is 27.7. The van der Waals surface area contributed by atoms with E-state index < -0.39 is 0 Å². The van der Waals surface area contributed by atoms with Crippen LogP contribution in [0.5, 0.6) is 0 Å². The van der Waals surface area contributed by atoms with Crippen molar-refractivity contribution in [1.82, 2.24) is 4.57 Å². The number of hydrogen-bond acceptors (Lipinski definition) is 1. The summed E-state index contributed by atoms with van der Waals surface area (Å²) in [6.07, 6.45) is 9.76. The summed E-state index contributed by atoms with van der Waals surface area (Å²) in [7, 11) is 0. The van der Waals surface area contributed by atoms with E-state index in [0.29, 0.717) is 0 Å². The summed E-state index contributed by atoms with van der Waals surface area (Å²) in [5, 5.41) is 2.54. The Hall–Kier alpha value is -5.83. The largest absolute Gasteiger partial charge is 0.309 e. The molecule has 0 atom stereocenters. The number of para-hydroxylation sites is 1. The Labute approximate surface area is 297 Å². The lowest BCUT2D eigenvalue weighted by Crippen LogP contribution is -1.94. The van der Waals surface area contributed by atoms with Crippen molar-refractivity contribution < 1.29 is 0 Å². The van der Waals surface area contributed by atoms with Crippen LogP contribution in [0.15, 0.2) is 193 Å². The van der Waals surface area contributed by atoms with E-state index >= 15 is 0 Å². The van der Waals surface area contributed by atoms with E-state index in [1.54, 1.807) is 0 Å². The van der Waals surface area contributed by atoms with Crippen molar-refractivity contribution in [3.05, 3.63) is 194 Å². The van der Waals surface area contributed by atoms with Crippen LogP contribution in [0.4, 0.5) is 0 Å². The molecule has 8 aromatic rings. The van der Waals surface area contributed by atoms with Crippen molar-refractivity contribution in [2.75, 3.05) is 5.75 Å². The van der Waals surface area contributed by atoms with E-state index in [-0.39, 0.29) is 0 Å². The van der Waals surface area contributed by atoms with Crippen LogP contribution < -0.4 is 0 Å². The Morgan fingerprint density at radius 1 is 0.400 bits per heavy atom. The van der Waals surface area contributed by atoms with E-state index in [2.05, 4.69) is 193 Å². The van der Waals surface area contributed by atoms with Gasteiger partial charge in [-0.3, -0.25) is 0 Å². The molecule has 0 radical (unpaired) electrons. The number of thioether (sulfide) groups is 1. The molecule has 0 unspecified atom stereocenters. The summed E-state index contributed by atoms with van der Waals surface area (Å²) in [5.74, 6) is 0.998. The van der Waals surface area contributed by atoms with Crippen LogP contribution in [0.2, 0.25) is 0 Å². The van der Waals surface area contributed by atoms with Gasteiger partial charge in [0.05, 0.1) is 11.0 Å². The molecule has 0 spiro atoms. The van der Waals surface area contributed by atoms with Crippen molar-refractivity contribution in [3.63, 3.8) is 0 Å². The first kappa shape index (κ1) is 30.2. The zero-order chi connectivity index (χ0) is 33.3. The van der Waals surface area contributed by atoms with Crippen LogP contribution in [0.1, 0.15) is 5.56 Å². The highest BCUT2D eigenvalue weighted by Crippen LogP contribution is 2.38. The molecule has 0 saturated carbocycles. The van der Waals surface area contributed by atoms with Crippen molar-refractivity contribution in [2.45, 2.75) is 11.3 Å². The molecule has 0 aliphatic carbocycles. The smallest absolute Gasteiger partial charge is 0.0541 e. The zero-order valence-corrected chi connectivity index (χ0v) is 28.5. The molecule has 7 aromatic carbocycles. The van der Waals surface area contributed by atoms with Crippen molar-refractivity contribution in [2.24, 2.45) is 0 Å². The maximum Gasteiger partial charge on any atom is 0.0541 e. The minimum Gasteiger partial charge on any atom is -0.309 e. The van der Waals surface area contributed by atoms with E-state index in [0.717, 1.165) is 17.9 Å². The third-order valence-electron chi connectivity index (χ3n) is 9.73. The lowest BCUT2D eigenvalue weighted by molar-refractivity contribution is 1.18. The normalized spacial score (nSPS) is 12.8. The average Bonchev–Trinajstić information content (AvgIpc) is 3.57. The lowest BCUT2D eigenvalue weighted by Gasteiger charge is -2.13. The summed E-state index contributed by atoms with van der Waals surface area (Å²) in [6, 6.07) is 60.1. The second-order valence-corrected chi connectivity index (χ2v) is 13.9. The molecule has 1 nitrogen and oxygen atoms in total. The number of aromatic nitrogens is 1. The van der Waals surface area contributed by atoms with Gasteiger partial charge in [-0.1, -0.05) is 127 Å². The molecular weight excluding hydrogens is 623 g/mol. The minimum absolute atomic E-state index is 0.947. The highest BCUT2D eigenvalue weighted by Gasteiger charge is 2.15. The molecular formula is C48H35NS. The molecule has 1 aliphatic heterocycles. The Kier molecular flexibility index (Phi) is 8.00. The molecule has 238 valence electrons. The van der Waals surface area contributed by atoms with E-state index in [9.17, 15) is 0 Å². The predicted octanol–water partition coefficient (Wildman–Crippen LogP) is 13.2. The number of nitrogens with zero attached hydrogens (tertiary/aromatic N) is 1. The Balaban J connectivity index is 1.11. The first-order valence-corrected chi connectivity index (χ1v) is 18.2. The fraction of sp³-hybridized carbons (Fsp3) is 0.0417. The molecule has 0 bridgehead atoms. The topological polar surface area (TPSA) is 4.93 Å². The Bertz CT molecular complexity index is 2480. The van der Waals surface area contributed by atoms with Crippen LogP contribution in [0, 0.1) is 0 Å². The van der Waals surface area contributed by atoms with Gasteiger partial charge in [0.2, 0.25) is 0 Å². The first-order valence-electron chi connectivity index (χ1n) is 17.3. The Morgan fingerprint density at radius 2 is 0.960 bits per heavy atom. The number of benzene rings is 7. The number of fused-ring (bicyclic) bond motifs is 4. The molecule has 50 heavy (non-hydrogen) atoms. The van der Waals surface area contributed by atoms with Gasteiger partial charge in [0.25, 0.3) is 0 Å². The van der Waals surface area contributed by atoms with Crippen molar-refractivity contribution in [1.29, 1.82) is 0 Å². The van der Waals surface area contributed by atoms with Gasteiger partial charge in [0.15, 0.2) is 0 Å². The molecule has 1 aliphatic rings. The van der Waals surface area contributed by atoms with Crippen LogP contribution in [0.25, 0.3) is 72.0 Å². The molecule has 1 aromatic heterocycles. The molecule has 0 amide bonds. The lowest BCUT2D eigenvalue weighted by atomic mass is 9.93. The maximum atomic E-state index is 2.41. The number of allylic oxidation sites excluding steroid dienone is 3. The van der Waals surface area contributed by atoms with Crippen LogP contribution >= 0.6 is 11.8 Å². The van der Waals surface area contributed by atoms with Crippen LogP contribution in [-0.2, 0) is 6.42 Å². The molecule has 0 saturated heterocycles. The highest BCUT2D eigenvalue weighted by atomic mass is 32.2. The summed E-state index contributed by atoms with van der Waals surface area (Å²) in [5.41, 5.74) is 14.8. The van der Waals surface area contributed by atoms with E-state index in [1.807, 2.05) is 11.8 Å². The average molecular weight is 658 g/mol. The molecule has 0 N–H and O–H groups in total. The molecule has 0 fully saturated rings. The number of rotatable bonds is 5. The van der Waals surface area contributed by atoms with E-state index in [1.165, 1.54) is 76.8 Å². The number of hydrogen-bond donors (Lipinski definition) is 0. The maximum absolute atomic E-state index is 2.41. The fourth-order valence-electron chi connectivity index (χ4n) is 7.23. The summed E-state index contributed by atoms with van der Waals surface area (Å²) >= 11 is 1.91. The van der Waals surface area contributed by atoms with E-state index in [4.69, 9.17) is 0 Å². The standard InChI is InChI=1S/C48H35NS/c1-2-12-28-50-48-27-23-37(29-39(48)17-5-1)38-22-26-47-45(33-38)44-18-10-11-19-46(44)49(47)43-24-20-36(21-25-43)42-31-40(34-13-6-3-7-14-34)30-41(32-42)35-15-8-4-9-16-35/h1-16,18-27,29-33H,17,28H2. The van der Waals surface area contributed by atoms with Crippen molar-refractivity contribution in [3.8, 4) is 50.2 Å². The first-order chi connectivity index (χ1) is 24.8.